The Kier molecular flexibility index (Phi) is 5.13. The average Bonchev–Trinajstić information content (AvgIpc) is 2.98. The summed E-state index contributed by atoms with van der Waals surface area (Å²) in [5.41, 5.74) is 0. The first kappa shape index (κ1) is 14.7. The maximum Gasteiger partial charge on any atom is 0.241 e. The Morgan fingerprint density at radius 2 is 2.32 bits per heavy atom. The molecule has 1 fully saturated rings. The van der Waals surface area contributed by atoms with Crippen molar-refractivity contribution in [3.8, 4) is 0 Å². The molecule has 2 rings (SSSR count). The molecule has 3 atom stereocenters. The Bertz CT molecular complexity index is 448. The molecule has 1 aliphatic rings. The van der Waals surface area contributed by atoms with E-state index in [1.165, 1.54) is 4.88 Å². The van der Waals surface area contributed by atoms with Gasteiger partial charge in [-0.25, -0.2) is 0 Å². The van der Waals surface area contributed by atoms with Crippen molar-refractivity contribution in [1.29, 1.82) is 0 Å². The predicted molar refractivity (Wildman–Crippen MR) is 79.5 cm³/mol. The lowest BCUT2D eigenvalue weighted by molar-refractivity contribution is -0.130. The molecule has 4 nitrogen and oxygen atoms in total. The summed E-state index contributed by atoms with van der Waals surface area (Å²) in [6, 6.07) is 3.97. The van der Waals surface area contributed by atoms with E-state index >= 15 is 0 Å². The molecule has 1 aliphatic heterocycles. The van der Waals surface area contributed by atoms with Crippen molar-refractivity contribution in [2.75, 3.05) is 18.6 Å². The van der Waals surface area contributed by atoms with Crippen LogP contribution in [0, 0.1) is 0 Å². The highest BCUT2D eigenvalue weighted by molar-refractivity contribution is 7.84. The fraction of sp³-hybridized carbons (Fsp3) is 0.615. The Morgan fingerprint density at radius 3 is 2.89 bits per heavy atom. The van der Waals surface area contributed by atoms with Gasteiger partial charge in [0.05, 0.1) is 6.04 Å². The molecular weight excluding hydrogens is 280 g/mol. The Morgan fingerprint density at radius 1 is 1.53 bits per heavy atom. The van der Waals surface area contributed by atoms with E-state index in [4.69, 9.17) is 0 Å². The van der Waals surface area contributed by atoms with Crippen molar-refractivity contribution >= 4 is 28.0 Å². The van der Waals surface area contributed by atoms with Crippen molar-refractivity contribution in [2.24, 2.45) is 0 Å². The predicted octanol–water partition coefficient (Wildman–Crippen LogP) is 1.73. The number of hydrogen-bond acceptors (Lipinski definition) is 4. The van der Waals surface area contributed by atoms with Gasteiger partial charge in [0.1, 0.15) is 6.17 Å². The van der Waals surface area contributed by atoms with Crippen LogP contribution in [-0.4, -0.2) is 39.6 Å². The zero-order chi connectivity index (χ0) is 13.8. The zero-order valence-corrected chi connectivity index (χ0v) is 12.9. The molecule has 0 spiro atoms. The van der Waals surface area contributed by atoms with Crippen LogP contribution in [0.4, 0.5) is 0 Å². The minimum Gasteiger partial charge on any atom is -0.321 e. The van der Waals surface area contributed by atoms with E-state index in [1.807, 2.05) is 23.3 Å². The molecule has 19 heavy (non-hydrogen) atoms. The topological polar surface area (TPSA) is 49.4 Å². The number of carbonyl (C=O) groups is 1. The first-order valence-corrected chi connectivity index (χ1v) is 9.14. The van der Waals surface area contributed by atoms with E-state index in [9.17, 15) is 9.00 Å². The SMILES string of the molecule is CCC1NC(c2cccs2)N(CCCS(C)=O)C1=O. The van der Waals surface area contributed by atoms with E-state index in [1.54, 1.807) is 17.6 Å². The molecule has 0 aromatic carbocycles. The summed E-state index contributed by atoms with van der Waals surface area (Å²) in [5, 5.41) is 5.42. The van der Waals surface area contributed by atoms with Gasteiger partial charge >= 0.3 is 0 Å². The molecule has 1 amide bonds. The van der Waals surface area contributed by atoms with Gasteiger partial charge in [-0.05, 0) is 24.3 Å². The van der Waals surface area contributed by atoms with Crippen LogP contribution in [0.1, 0.15) is 30.8 Å². The fourth-order valence-electron chi connectivity index (χ4n) is 2.33. The Labute approximate surface area is 120 Å². The van der Waals surface area contributed by atoms with Crippen LogP contribution in [0.3, 0.4) is 0 Å². The van der Waals surface area contributed by atoms with Gasteiger partial charge in [0.25, 0.3) is 0 Å². The van der Waals surface area contributed by atoms with Crippen LogP contribution in [0.2, 0.25) is 0 Å². The zero-order valence-electron chi connectivity index (χ0n) is 11.3. The van der Waals surface area contributed by atoms with Crippen molar-refractivity contribution in [3.05, 3.63) is 22.4 Å². The summed E-state index contributed by atoms with van der Waals surface area (Å²) in [6.07, 6.45) is 3.28. The summed E-state index contributed by atoms with van der Waals surface area (Å²) >= 11 is 1.66. The highest BCUT2D eigenvalue weighted by atomic mass is 32.2. The number of amides is 1. The summed E-state index contributed by atoms with van der Waals surface area (Å²) < 4.78 is 11.1. The monoisotopic (exact) mass is 300 g/mol. The number of hydrogen-bond donors (Lipinski definition) is 1. The molecule has 3 unspecified atom stereocenters. The third-order valence-electron chi connectivity index (χ3n) is 3.30. The van der Waals surface area contributed by atoms with Gasteiger partial charge in [-0.3, -0.25) is 14.3 Å². The second-order valence-corrected chi connectivity index (χ2v) is 7.24. The molecule has 1 N–H and O–H groups in total. The van der Waals surface area contributed by atoms with Gasteiger partial charge in [0, 0.05) is 34.2 Å². The molecule has 1 aromatic heterocycles. The largest absolute Gasteiger partial charge is 0.321 e. The normalized spacial score (nSPS) is 24.9. The molecule has 1 saturated heterocycles. The maximum absolute atomic E-state index is 12.3. The van der Waals surface area contributed by atoms with Gasteiger partial charge < -0.3 is 4.90 Å². The summed E-state index contributed by atoms with van der Waals surface area (Å²) in [5.74, 6) is 0.820. The molecular formula is C13H20N2O2S2. The van der Waals surface area contributed by atoms with Crippen molar-refractivity contribution < 1.29 is 9.00 Å². The van der Waals surface area contributed by atoms with Crippen LogP contribution in [0.15, 0.2) is 17.5 Å². The molecule has 2 heterocycles. The molecule has 0 saturated carbocycles. The van der Waals surface area contributed by atoms with Crippen LogP contribution >= 0.6 is 11.3 Å². The molecule has 0 radical (unpaired) electrons. The quantitative estimate of drug-likeness (QED) is 0.870. The van der Waals surface area contributed by atoms with Gasteiger partial charge in [0.2, 0.25) is 5.91 Å². The van der Waals surface area contributed by atoms with Gasteiger partial charge in [-0.15, -0.1) is 11.3 Å². The molecule has 1 aromatic rings. The number of nitrogens with one attached hydrogen (secondary N) is 1. The second kappa shape index (κ2) is 6.63. The lowest BCUT2D eigenvalue weighted by Crippen LogP contribution is -2.32. The maximum atomic E-state index is 12.3. The van der Waals surface area contributed by atoms with E-state index < -0.39 is 10.8 Å². The summed E-state index contributed by atoms with van der Waals surface area (Å²) in [7, 11) is -0.791. The lowest BCUT2D eigenvalue weighted by Gasteiger charge is -2.23. The lowest BCUT2D eigenvalue weighted by atomic mass is 10.2. The first-order valence-electron chi connectivity index (χ1n) is 6.53. The number of carbonyl (C=O) groups excluding carboxylic acids is 1. The van der Waals surface area contributed by atoms with Crippen LogP contribution in [0.25, 0.3) is 0 Å². The Balaban J connectivity index is 2.06. The van der Waals surface area contributed by atoms with Gasteiger partial charge in [-0.1, -0.05) is 13.0 Å². The highest BCUT2D eigenvalue weighted by Gasteiger charge is 2.38. The van der Waals surface area contributed by atoms with Crippen LogP contribution in [0.5, 0.6) is 0 Å². The smallest absolute Gasteiger partial charge is 0.241 e. The van der Waals surface area contributed by atoms with Crippen LogP contribution < -0.4 is 5.32 Å². The van der Waals surface area contributed by atoms with E-state index in [2.05, 4.69) is 11.4 Å². The van der Waals surface area contributed by atoms with Crippen molar-refractivity contribution in [3.63, 3.8) is 0 Å². The molecule has 0 bridgehead atoms. The third-order valence-corrected chi connectivity index (χ3v) is 5.09. The molecule has 6 heteroatoms. The number of thiophene rings is 1. The molecule has 0 aliphatic carbocycles. The molecule has 106 valence electrons. The van der Waals surface area contributed by atoms with Crippen molar-refractivity contribution in [2.45, 2.75) is 32.0 Å². The Hall–Kier alpha value is -0.720. The highest BCUT2D eigenvalue weighted by Crippen LogP contribution is 2.29. The first-order chi connectivity index (χ1) is 9.13. The average molecular weight is 300 g/mol. The number of rotatable bonds is 6. The van der Waals surface area contributed by atoms with Crippen molar-refractivity contribution in [1.82, 2.24) is 10.2 Å². The third kappa shape index (κ3) is 3.43. The summed E-state index contributed by atoms with van der Waals surface area (Å²) in [6.45, 7) is 2.69. The van der Waals surface area contributed by atoms with Crippen LogP contribution in [-0.2, 0) is 15.6 Å². The fourth-order valence-corrected chi connectivity index (χ4v) is 3.66. The minimum absolute atomic E-state index is 0.0114. The van der Waals surface area contributed by atoms with E-state index in [-0.39, 0.29) is 18.1 Å². The summed E-state index contributed by atoms with van der Waals surface area (Å²) in [4.78, 5) is 15.4. The van der Waals surface area contributed by atoms with Gasteiger partial charge in [0.15, 0.2) is 0 Å². The second-order valence-electron chi connectivity index (χ2n) is 4.71. The van der Waals surface area contributed by atoms with Gasteiger partial charge in [-0.2, -0.15) is 0 Å². The van der Waals surface area contributed by atoms with E-state index in [0.717, 1.165) is 12.8 Å². The van der Waals surface area contributed by atoms with E-state index in [0.29, 0.717) is 12.3 Å². The minimum atomic E-state index is -0.791. The standard InChI is InChI=1S/C13H20N2O2S2/c1-3-10-13(16)15(7-5-9-19(2)17)12(14-10)11-6-4-8-18-11/h4,6,8,10,12,14H,3,5,7,9H2,1-2H3. The number of nitrogens with zero attached hydrogens (tertiary/aromatic N) is 1.